The molecule has 2 N–H and O–H groups in total. The Morgan fingerprint density at radius 2 is 2.14 bits per heavy atom. The minimum atomic E-state index is -1.58. The molecule has 7 heteroatoms. The lowest BCUT2D eigenvalue weighted by atomic mass is 10.3. The number of hydrogen-bond donors (Lipinski definition) is 2. The first-order valence-electron chi connectivity index (χ1n) is 3.62. The van der Waals surface area contributed by atoms with Crippen LogP contribution in [0.5, 0.6) is 0 Å². The number of aromatic nitrogens is 4. The molecule has 2 rings (SSSR count). The van der Waals surface area contributed by atoms with E-state index >= 15 is 0 Å². The fourth-order valence-corrected chi connectivity index (χ4v) is 0.941. The van der Waals surface area contributed by atoms with Gasteiger partial charge in [0.15, 0.2) is 5.65 Å². The number of hydrogen-bond acceptors (Lipinski definition) is 5. The highest BCUT2D eigenvalue weighted by Crippen LogP contribution is 2.04. The molecular weight excluding hydrogens is 188 g/mol. The quantitative estimate of drug-likeness (QED) is 0.495. The van der Waals surface area contributed by atoms with E-state index in [4.69, 9.17) is 5.11 Å². The molecule has 14 heavy (non-hydrogen) atoms. The molecule has 0 aliphatic carbocycles. The van der Waals surface area contributed by atoms with Crippen LogP contribution < -0.4 is 0 Å². The van der Waals surface area contributed by atoms with E-state index < -0.39 is 11.8 Å². The number of aliphatic carboxylic acids is 1. The Hall–Kier alpha value is -2.31. The van der Waals surface area contributed by atoms with Gasteiger partial charge in [-0.25, -0.2) is 19.7 Å². The molecule has 0 atom stereocenters. The van der Waals surface area contributed by atoms with Gasteiger partial charge in [-0.3, -0.25) is 4.79 Å². The van der Waals surface area contributed by atoms with E-state index in [9.17, 15) is 9.59 Å². The predicted molar refractivity (Wildman–Crippen MR) is 43.6 cm³/mol. The summed E-state index contributed by atoms with van der Waals surface area (Å²) >= 11 is 0. The number of rotatable bonds is 2. The first-order chi connectivity index (χ1) is 6.68. The van der Waals surface area contributed by atoms with Crippen molar-refractivity contribution in [1.29, 1.82) is 0 Å². The monoisotopic (exact) mass is 192 g/mol. The average Bonchev–Trinajstić information content (AvgIpc) is 2.62. The van der Waals surface area contributed by atoms with Crippen LogP contribution in [0.1, 0.15) is 10.6 Å². The van der Waals surface area contributed by atoms with E-state index in [-0.39, 0.29) is 11.5 Å². The van der Waals surface area contributed by atoms with E-state index in [2.05, 4.69) is 19.9 Å². The zero-order valence-electron chi connectivity index (χ0n) is 6.76. The predicted octanol–water partition coefficient (Wildman–Crippen LogP) is -0.380. The number of fused-ring (bicyclic) bond motifs is 1. The number of nitrogens with one attached hydrogen (secondary N) is 1. The van der Waals surface area contributed by atoms with Gasteiger partial charge in [0.1, 0.15) is 5.52 Å². The number of nitrogens with zero attached hydrogens (tertiary/aromatic N) is 3. The third-order valence-electron chi connectivity index (χ3n) is 1.57. The maximum Gasteiger partial charge on any atom is 0.380 e. The summed E-state index contributed by atoms with van der Waals surface area (Å²) in [5, 5.41) is 8.40. The molecule has 7 nitrogen and oxygen atoms in total. The van der Waals surface area contributed by atoms with E-state index in [1.54, 1.807) is 0 Å². The molecule has 70 valence electrons. The molecule has 0 bridgehead atoms. The topological polar surface area (TPSA) is 109 Å². The molecule has 0 radical (unpaired) electrons. The van der Waals surface area contributed by atoms with Crippen molar-refractivity contribution in [2.24, 2.45) is 0 Å². The lowest BCUT2D eigenvalue weighted by Gasteiger charge is -1.92. The van der Waals surface area contributed by atoms with Crippen LogP contribution >= 0.6 is 0 Å². The summed E-state index contributed by atoms with van der Waals surface area (Å²) in [6.45, 7) is 0. The van der Waals surface area contributed by atoms with Crippen molar-refractivity contribution in [3.05, 3.63) is 18.3 Å². The van der Waals surface area contributed by atoms with Crippen LogP contribution in [0.15, 0.2) is 12.5 Å². The van der Waals surface area contributed by atoms with Crippen LogP contribution in [-0.2, 0) is 4.79 Å². The van der Waals surface area contributed by atoms with Crippen LogP contribution in [0.4, 0.5) is 0 Å². The Morgan fingerprint density at radius 1 is 1.36 bits per heavy atom. The van der Waals surface area contributed by atoms with Crippen LogP contribution in [0.3, 0.4) is 0 Å². The number of ketones is 1. The normalized spacial score (nSPS) is 10.3. The van der Waals surface area contributed by atoms with Crippen molar-refractivity contribution in [2.75, 3.05) is 0 Å². The molecule has 0 unspecified atom stereocenters. The standard InChI is InChI=1S/C7H4N4O3/c12-4(7(13)14)6-8-1-3-5(11-6)10-2-9-3/h1-2H,(H,13,14)(H,8,9,10,11). The van der Waals surface area contributed by atoms with Crippen LogP contribution in [-0.4, -0.2) is 36.8 Å². The molecule has 0 fully saturated rings. The summed E-state index contributed by atoms with van der Waals surface area (Å²) in [5.41, 5.74) is 0.816. The van der Waals surface area contributed by atoms with Crippen LogP contribution in [0, 0.1) is 0 Å². The first kappa shape index (κ1) is 8.30. The molecule has 0 aromatic carbocycles. The van der Waals surface area contributed by atoms with E-state index in [1.165, 1.54) is 12.5 Å². The van der Waals surface area contributed by atoms with Gasteiger partial charge in [-0.05, 0) is 0 Å². The molecule has 2 aromatic heterocycles. The van der Waals surface area contributed by atoms with Crippen molar-refractivity contribution in [3.8, 4) is 0 Å². The molecule has 0 spiro atoms. The summed E-state index contributed by atoms with van der Waals surface area (Å²) in [6.07, 6.45) is 2.69. The number of carbonyl (C=O) groups is 2. The van der Waals surface area contributed by atoms with Gasteiger partial charge in [-0.15, -0.1) is 0 Å². The minimum Gasteiger partial charge on any atom is -0.475 e. The summed E-state index contributed by atoms with van der Waals surface area (Å²) in [4.78, 5) is 35.0. The van der Waals surface area contributed by atoms with Gasteiger partial charge < -0.3 is 10.1 Å². The fourth-order valence-electron chi connectivity index (χ4n) is 0.941. The second-order valence-electron chi connectivity index (χ2n) is 2.47. The van der Waals surface area contributed by atoms with Gasteiger partial charge in [0.25, 0.3) is 0 Å². The minimum absolute atomic E-state index is 0.268. The summed E-state index contributed by atoms with van der Waals surface area (Å²) < 4.78 is 0. The van der Waals surface area contributed by atoms with Crippen molar-refractivity contribution < 1.29 is 14.7 Å². The fraction of sp³-hybridized carbons (Fsp3) is 0. The first-order valence-corrected chi connectivity index (χ1v) is 3.62. The zero-order chi connectivity index (χ0) is 10.1. The smallest absolute Gasteiger partial charge is 0.380 e. The Morgan fingerprint density at radius 3 is 2.86 bits per heavy atom. The Balaban J connectivity index is 2.54. The Kier molecular flexibility index (Phi) is 1.70. The molecule has 0 aliphatic rings. The molecule has 0 saturated heterocycles. The zero-order valence-corrected chi connectivity index (χ0v) is 6.76. The third kappa shape index (κ3) is 1.20. The number of aromatic amines is 1. The number of imidazole rings is 1. The number of H-pyrrole nitrogens is 1. The average molecular weight is 192 g/mol. The number of carboxylic acids is 1. The molecule has 2 heterocycles. The number of carbonyl (C=O) groups excluding carboxylic acids is 1. The van der Waals surface area contributed by atoms with Gasteiger partial charge in [0, 0.05) is 0 Å². The summed E-state index contributed by atoms with van der Waals surface area (Å²) in [7, 11) is 0. The summed E-state index contributed by atoms with van der Waals surface area (Å²) in [6, 6.07) is 0. The largest absolute Gasteiger partial charge is 0.475 e. The van der Waals surface area contributed by atoms with Crippen LogP contribution in [0.25, 0.3) is 11.2 Å². The molecular formula is C7H4N4O3. The van der Waals surface area contributed by atoms with E-state index in [0.29, 0.717) is 5.52 Å². The summed E-state index contributed by atoms with van der Waals surface area (Å²) in [5.74, 6) is -3.09. The van der Waals surface area contributed by atoms with Gasteiger partial charge in [-0.1, -0.05) is 0 Å². The lowest BCUT2D eigenvalue weighted by molar-refractivity contribution is -0.131. The van der Waals surface area contributed by atoms with Crippen molar-refractivity contribution in [1.82, 2.24) is 19.9 Å². The highest BCUT2D eigenvalue weighted by atomic mass is 16.4. The second kappa shape index (κ2) is 2.87. The second-order valence-corrected chi connectivity index (χ2v) is 2.47. The van der Waals surface area contributed by atoms with Crippen molar-refractivity contribution in [2.45, 2.75) is 0 Å². The van der Waals surface area contributed by atoms with E-state index in [0.717, 1.165) is 0 Å². The number of Topliss-reactive ketones (excluding diaryl/α,β-unsaturated/α-hetero) is 1. The van der Waals surface area contributed by atoms with Gasteiger partial charge in [-0.2, -0.15) is 0 Å². The maximum atomic E-state index is 10.9. The van der Waals surface area contributed by atoms with Crippen molar-refractivity contribution in [3.63, 3.8) is 0 Å². The highest BCUT2D eigenvalue weighted by molar-refractivity contribution is 6.38. The van der Waals surface area contributed by atoms with Gasteiger partial charge >= 0.3 is 11.8 Å². The molecule has 0 aliphatic heterocycles. The molecule has 0 amide bonds. The van der Waals surface area contributed by atoms with Crippen LogP contribution in [0.2, 0.25) is 0 Å². The lowest BCUT2D eigenvalue weighted by Crippen LogP contribution is -2.16. The highest BCUT2D eigenvalue weighted by Gasteiger charge is 2.18. The van der Waals surface area contributed by atoms with E-state index in [1.807, 2.05) is 0 Å². The third-order valence-corrected chi connectivity index (χ3v) is 1.57. The Labute approximate surface area is 76.8 Å². The SMILES string of the molecule is O=C(O)C(=O)c1ncc2[nH]cnc2n1. The molecule has 0 saturated carbocycles. The molecule has 2 aromatic rings. The van der Waals surface area contributed by atoms with Gasteiger partial charge in [0.2, 0.25) is 5.82 Å². The van der Waals surface area contributed by atoms with Crippen molar-refractivity contribution >= 4 is 22.9 Å². The van der Waals surface area contributed by atoms with Gasteiger partial charge in [0.05, 0.1) is 12.5 Å². The Bertz CT molecular complexity index is 518. The maximum absolute atomic E-state index is 10.9. The number of carboxylic acid groups (broad SMARTS) is 1.